The number of alkyl halides is 1. The van der Waals surface area contributed by atoms with Gasteiger partial charge in [-0.15, -0.1) is 24.8 Å². The van der Waals surface area contributed by atoms with Crippen LogP contribution in [0.2, 0.25) is 0 Å². The summed E-state index contributed by atoms with van der Waals surface area (Å²) >= 11 is 5.92. The smallest absolute Gasteiger partial charge is 0.111 e. The van der Waals surface area contributed by atoms with Crippen LogP contribution in [0.5, 0.6) is 0 Å². The van der Waals surface area contributed by atoms with Crippen molar-refractivity contribution in [1.29, 1.82) is 0 Å². The zero-order valence-electron chi connectivity index (χ0n) is 7.41. The van der Waals surface area contributed by atoms with Crippen molar-refractivity contribution in [2.45, 2.75) is 18.5 Å². The molecule has 0 aromatic heterocycles. The van der Waals surface area contributed by atoms with Crippen molar-refractivity contribution in [2.24, 2.45) is 0 Å². The summed E-state index contributed by atoms with van der Waals surface area (Å²) in [6.07, 6.45) is 2.95. The van der Waals surface area contributed by atoms with Crippen LogP contribution in [0.15, 0.2) is 25.3 Å². The highest BCUT2D eigenvalue weighted by molar-refractivity contribution is 6.20. The van der Waals surface area contributed by atoms with E-state index >= 15 is 0 Å². The van der Waals surface area contributed by atoms with E-state index in [-0.39, 0.29) is 5.50 Å². The Morgan fingerprint density at radius 1 is 1.42 bits per heavy atom. The second-order valence-corrected chi connectivity index (χ2v) is 3.09. The van der Waals surface area contributed by atoms with Crippen molar-refractivity contribution in [3.63, 3.8) is 0 Å². The van der Waals surface area contributed by atoms with Crippen LogP contribution in [-0.2, 0) is 0 Å². The highest BCUT2D eigenvalue weighted by Gasteiger charge is 2.17. The SMILES string of the molecule is C=CCN(CC=C)C(Cl)C(C)O. The van der Waals surface area contributed by atoms with Gasteiger partial charge in [0.05, 0.1) is 6.10 Å². The molecule has 3 heteroatoms. The van der Waals surface area contributed by atoms with E-state index in [4.69, 9.17) is 11.6 Å². The first-order valence-corrected chi connectivity index (χ1v) is 4.35. The topological polar surface area (TPSA) is 23.5 Å². The highest BCUT2D eigenvalue weighted by Crippen LogP contribution is 2.09. The van der Waals surface area contributed by atoms with Crippen LogP contribution in [0.1, 0.15) is 6.92 Å². The lowest BCUT2D eigenvalue weighted by molar-refractivity contribution is 0.118. The molecule has 0 fully saturated rings. The van der Waals surface area contributed by atoms with Crippen molar-refractivity contribution in [2.75, 3.05) is 13.1 Å². The summed E-state index contributed by atoms with van der Waals surface area (Å²) in [5.41, 5.74) is -0.374. The molecule has 0 aromatic carbocycles. The van der Waals surface area contributed by atoms with E-state index in [1.54, 1.807) is 19.1 Å². The molecular weight excluding hydrogens is 174 g/mol. The largest absolute Gasteiger partial charge is 0.390 e. The van der Waals surface area contributed by atoms with Gasteiger partial charge in [0.15, 0.2) is 0 Å². The molecule has 0 heterocycles. The zero-order chi connectivity index (χ0) is 9.56. The Labute approximate surface area is 79.1 Å². The molecule has 0 rings (SSSR count). The molecule has 0 aliphatic rings. The molecule has 0 saturated carbocycles. The summed E-state index contributed by atoms with van der Waals surface area (Å²) in [5, 5.41) is 9.20. The first-order chi connectivity index (χ1) is 5.63. The van der Waals surface area contributed by atoms with Gasteiger partial charge in [-0.2, -0.15) is 0 Å². The maximum absolute atomic E-state index is 9.20. The Hall–Kier alpha value is -0.310. The third kappa shape index (κ3) is 3.90. The van der Waals surface area contributed by atoms with Gasteiger partial charge in [0.2, 0.25) is 0 Å². The summed E-state index contributed by atoms with van der Waals surface area (Å²) in [6, 6.07) is 0. The van der Waals surface area contributed by atoms with Crippen LogP contribution >= 0.6 is 11.6 Å². The number of aliphatic hydroxyl groups excluding tert-OH is 1. The van der Waals surface area contributed by atoms with Crippen molar-refractivity contribution in [3.05, 3.63) is 25.3 Å². The standard InChI is InChI=1S/C9H16ClNO/c1-4-6-11(7-5-2)9(10)8(3)12/h4-5,8-9,12H,1-2,6-7H2,3H3. The van der Waals surface area contributed by atoms with E-state index in [0.717, 1.165) is 0 Å². The summed E-state index contributed by atoms with van der Waals surface area (Å²) in [6.45, 7) is 10.2. The van der Waals surface area contributed by atoms with E-state index in [0.29, 0.717) is 13.1 Å². The molecule has 2 unspecified atom stereocenters. The fourth-order valence-corrected chi connectivity index (χ4v) is 1.07. The van der Waals surface area contributed by atoms with Crippen molar-refractivity contribution >= 4 is 11.6 Å². The van der Waals surface area contributed by atoms with Crippen LogP contribution in [0, 0.1) is 0 Å². The molecule has 0 radical (unpaired) electrons. The minimum absolute atomic E-state index is 0.374. The Balaban J connectivity index is 4.06. The van der Waals surface area contributed by atoms with Crippen molar-refractivity contribution in [3.8, 4) is 0 Å². The molecule has 2 nitrogen and oxygen atoms in total. The quantitative estimate of drug-likeness (QED) is 0.390. The lowest BCUT2D eigenvalue weighted by Gasteiger charge is -2.26. The van der Waals surface area contributed by atoms with Crippen molar-refractivity contribution < 1.29 is 5.11 Å². The maximum atomic E-state index is 9.20. The lowest BCUT2D eigenvalue weighted by Crippen LogP contribution is -2.38. The molecule has 12 heavy (non-hydrogen) atoms. The molecular formula is C9H16ClNO. The zero-order valence-corrected chi connectivity index (χ0v) is 8.17. The molecule has 0 aromatic rings. The van der Waals surface area contributed by atoms with Gasteiger partial charge in [-0.1, -0.05) is 12.2 Å². The molecule has 1 N–H and O–H groups in total. The van der Waals surface area contributed by atoms with Crippen LogP contribution in [0.3, 0.4) is 0 Å². The fraction of sp³-hybridized carbons (Fsp3) is 0.556. The Kier molecular flexibility index (Phi) is 6.07. The third-order valence-electron chi connectivity index (χ3n) is 1.47. The Bertz CT molecular complexity index is 137. The van der Waals surface area contributed by atoms with Gasteiger partial charge >= 0.3 is 0 Å². The van der Waals surface area contributed by atoms with E-state index in [1.165, 1.54) is 0 Å². The summed E-state index contributed by atoms with van der Waals surface area (Å²) in [5.74, 6) is 0. The first kappa shape index (κ1) is 11.7. The van der Waals surface area contributed by atoms with Gasteiger partial charge in [-0.25, -0.2) is 0 Å². The minimum atomic E-state index is -0.549. The molecule has 0 aliphatic heterocycles. The van der Waals surface area contributed by atoms with Crippen LogP contribution < -0.4 is 0 Å². The maximum Gasteiger partial charge on any atom is 0.111 e. The second kappa shape index (κ2) is 6.23. The van der Waals surface area contributed by atoms with Crippen LogP contribution in [-0.4, -0.2) is 34.7 Å². The first-order valence-electron chi connectivity index (χ1n) is 3.91. The molecule has 0 saturated heterocycles. The summed E-state index contributed by atoms with van der Waals surface area (Å²) in [4.78, 5) is 1.88. The normalized spacial score (nSPS) is 15.7. The number of halogens is 1. The van der Waals surface area contributed by atoms with E-state index in [2.05, 4.69) is 13.2 Å². The molecule has 0 spiro atoms. The lowest BCUT2D eigenvalue weighted by atomic mass is 10.3. The van der Waals surface area contributed by atoms with Crippen molar-refractivity contribution in [1.82, 2.24) is 4.90 Å². The van der Waals surface area contributed by atoms with Gasteiger partial charge in [-0.05, 0) is 6.92 Å². The van der Waals surface area contributed by atoms with Gasteiger partial charge < -0.3 is 5.11 Å². The number of hydrogen-bond donors (Lipinski definition) is 1. The monoisotopic (exact) mass is 189 g/mol. The number of nitrogens with zero attached hydrogens (tertiary/aromatic N) is 1. The average Bonchev–Trinajstić information content (AvgIpc) is 2.03. The minimum Gasteiger partial charge on any atom is -0.390 e. The van der Waals surface area contributed by atoms with Crippen LogP contribution in [0.4, 0.5) is 0 Å². The number of hydrogen-bond acceptors (Lipinski definition) is 2. The predicted molar refractivity (Wildman–Crippen MR) is 53.3 cm³/mol. The van der Waals surface area contributed by atoms with E-state index in [9.17, 15) is 5.11 Å². The second-order valence-electron chi connectivity index (χ2n) is 2.64. The third-order valence-corrected chi connectivity index (χ3v) is 2.11. The Morgan fingerprint density at radius 3 is 2.08 bits per heavy atom. The van der Waals surface area contributed by atoms with Crippen LogP contribution in [0.25, 0.3) is 0 Å². The molecule has 0 aliphatic carbocycles. The molecule has 2 atom stereocenters. The van der Waals surface area contributed by atoms with E-state index < -0.39 is 6.10 Å². The van der Waals surface area contributed by atoms with E-state index in [1.807, 2.05) is 4.90 Å². The highest BCUT2D eigenvalue weighted by atomic mass is 35.5. The Morgan fingerprint density at radius 2 is 1.83 bits per heavy atom. The number of aliphatic hydroxyl groups is 1. The molecule has 70 valence electrons. The summed E-state index contributed by atoms with van der Waals surface area (Å²) in [7, 11) is 0. The predicted octanol–water partition coefficient (Wildman–Crippen LogP) is 1.61. The average molecular weight is 190 g/mol. The molecule has 0 bridgehead atoms. The molecule has 0 amide bonds. The van der Waals surface area contributed by atoms with Gasteiger partial charge in [-0.3, -0.25) is 4.90 Å². The number of rotatable bonds is 6. The van der Waals surface area contributed by atoms with Gasteiger partial charge in [0.25, 0.3) is 0 Å². The van der Waals surface area contributed by atoms with Gasteiger partial charge in [0, 0.05) is 13.1 Å². The van der Waals surface area contributed by atoms with Gasteiger partial charge in [0.1, 0.15) is 5.50 Å². The summed E-state index contributed by atoms with van der Waals surface area (Å²) < 4.78 is 0. The fourth-order valence-electron chi connectivity index (χ4n) is 0.913.